The number of nitrogens with one attached hydrogen (secondary N) is 3. The minimum atomic E-state index is -3.60. The van der Waals surface area contributed by atoms with Gasteiger partial charge in [0.2, 0.25) is 10.0 Å². The van der Waals surface area contributed by atoms with Crippen LogP contribution in [0.15, 0.2) is 35.4 Å². The first-order valence-corrected chi connectivity index (χ1v) is 7.73. The molecule has 0 bridgehead atoms. The molecule has 0 saturated carbocycles. The minimum Gasteiger partial charge on any atom is -0.355 e. The Bertz CT molecular complexity index is 735. The molecule has 0 aliphatic heterocycles. The predicted octanol–water partition coefficient (Wildman–Crippen LogP) is 0.556. The van der Waals surface area contributed by atoms with Gasteiger partial charge in [0, 0.05) is 19.2 Å². The number of sulfonamides is 1. The van der Waals surface area contributed by atoms with Gasteiger partial charge < -0.3 is 5.32 Å². The highest BCUT2D eigenvalue weighted by Gasteiger charge is 2.18. The van der Waals surface area contributed by atoms with E-state index >= 15 is 0 Å². The van der Waals surface area contributed by atoms with Crippen molar-refractivity contribution in [2.75, 3.05) is 7.05 Å². The Morgan fingerprint density at radius 1 is 1.29 bits per heavy atom. The molecule has 1 amide bonds. The fourth-order valence-corrected chi connectivity index (χ4v) is 2.94. The normalized spacial score (nSPS) is 11.3. The molecule has 0 spiro atoms. The molecule has 3 N–H and O–H groups in total. The number of carbonyl (C=O) groups is 1. The fraction of sp³-hybridized carbons (Fsp3) is 0.231. The number of benzene rings is 1. The van der Waals surface area contributed by atoms with Gasteiger partial charge in [0.25, 0.3) is 5.91 Å². The number of aromatic nitrogens is 2. The predicted molar refractivity (Wildman–Crippen MR) is 77.2 cm³/mol. The number of hydrogen-bond donors (Lipinski definition) is 3. The molecular formula is C13H16N4O3S. The molecule has 0 saturated heterocycles. The Morgan fingerprint density at radius 3 is 2.48 bits per heavy atom. The summed E-state index contributed by atoms with van der Waals surface area (Å²) in [6.45, 7) is 1.78. The molecule has 8 heteroatoms. The number of H-pyrrole nitrogens is 1. The molecule has 1 heterocycles. The van der Waals surface area contributed by atoms with E-state index in [2.05, 4.69) is 20.2 Å². The maximum absolute atomic E-state index is 12.1. The van der Waals surface area contributed by atoms with E-state index in [1.807, 2.05) is 0 Å². The van der Waals surface area contributed by atoms with Crippen molar-refractivity contribution in [3.8, 4) is 0 Å². The summed E-state index contributed by atoms with van der Waals surface area (Å²) in [6, 6.07) is 6.70. The van der Waals surface area contributed by atoms with Gasteiger partial charge in [-0.15, -0.1) is 0 Å². The molecule has 0 unspecified atom stereocenters. The van der Waals surface area contributed by atoms with Crippen LogP contribution in [0, 0.1) is 6.92 Å². The number of rotatable bonds is 5. The van der Waals surface area contributed by atoms with Gasteiger partial charge in [-0.2, -0.15) is 5.10 Å². The van der Waals surface area contributed by atoms with Crippen LogP contribution < -0.4 is 10.0 Å². The molecule has 1 aromatic heterocycles. The molecule has 0 atom stereocenters. The lowest BCUT2D eigenvalue weighted by atomic mass is 10.1. The van der Waals surface area contributed by atoms with E-state index in [-0.39, 0.29) is 17.3 Å². The lowest BCUT2D eigenvalue weighted by Gasteiger charge is -2.06. The highest BCUT2D eigenvalue weighted by molar-refractivity contribution is 7.89. The van der Waals surface area contributed by atoms with E-state index in [1.54, 1.807) is 38.2 Å². The van der Waals surface area contributed by atoms with Crippen molar-refractivity contribution in [1.29, 1.82) is 0 Å². The molecule has 1 aromatic carbocycles. The summed E-state index contributed by atoms with van der Waals surface area (Å²) in [5.74, 6) is -0.184. The van der Waals surface area contributed by atoms with Crippen LogP contribution in [0.4, 0.5) is 0 Å². The summed E-state index contributed by atoms with van der Waals surface area (Å²) in [4.78, 5) is 11.5. The van der Waals surface area contributed by atoms with Crippen LogP contribution in [0.5, 0.6) is 0 Å². The quantitative estimate of drug-likeness (QED) is 0.750. The number of hydrogen-bond acceptors (Lipinski definition) is 4. The van der Waals surface area contributed by atoms with E-state index in [9.17, 15) is 13.2 Å². The molecule has 2 aromatic rings. The summed E-state index contributed by atoms with van der Waals surface area (Å²) in [5, 5.41) is 8.80. The third kappa shape index (κ3) is 3.47. The largest absolute Gasteiger partial charge is 0.355 e. The summed E-state index contributed by atoms with van der Waals surface area (Å²) in [7, 11) is -2.05. The number of nitrogens with zero attached hydrogens (tertiary/aromatic N) is 1. The second-order valence-corrected chi connectivity index (χ2v) is 6.20. The van der Waals surface area contributed by atoms with Crippen LogP contribution in [0.2, 0.25) is 0 Å². The fourth-order valence-electron chi connectivity index (χ4n) is 1.78. The van der Waals surface area contributed by atoms with Crippen LogP contribution in [0.3, 0.4) is 0 Å². The first-order valence-electron chi connectivity index (χ1n) is 6.24. The summed E-state index contributed by atoms with van der Waals surface area (Å²) < 4.78 is 26.6. The number of aromatic amines is 1. The number of aryl methyl sites for hydroxylation is 1. The second kappa shape index (κ2) is 6.06. The molecule has 0 radical (unpaired) electrons. The number of carbonyl (C=O) groups excluding carboxylic acids is 1. The lowest BCUT2D eigenvalue weighted by molar-refractivity contribution is 0.0963. The van der Waals surface area contributed by atoms with Crippen molar-refractivity contribution in [2.45, 2.75) is 18.4 Å². The van der Waals surface area contributed by atoms with Gasteiger partial charge in [-0.05, 0) is 24.6 Å². The van der Waals surface area contributed by atoms with E-state index in [4.69, 9.17) is 0 Å². The molecule has 0 fully saturated rings. The third-order valence-corrected chi connectivity index (χ3v) is 4.50. The molecule has 7 nitrogen and oxygen atoms in total. The Hall–Kier alpha value is -2.19. The van der Waals surface area contributed by atoms with E-state index < -0.39 is 10.0 Å². The smallest absolute Gasteiger partial charge is 0.251 e. The highest BCUT2D eigenvalue weighted by Crippen LogP contribution is 2.12. The van der Waals surface area contributed by atoms with Crippen molar-refractivity contribution in [1.82, 2.24) is 20.2 Å². The number of amides is 1. The van der Waals surface area contributed by atoms with Gasteiger partial charge in [0.1, 0.15) is 4.90 Å². The first kappa shape index (κ1) is 15.2. The van der Waals surface area contributed by atoms with Crippen LogP contribution in [0.1, 0.15) is 21.6 Å². The average Bonchev–Trinajstić information content (AvgIpc) is 2.92. The Kier molecular flexibility index (Phi) is 4.39. The third-order valence-electron chi connectivity index (χ3n) is 2.98. The van der Waals surface area contributed by atoms with E-state index in [1.165, 1.54) is 6.20 Å². The highest BCUT2D eigenvalue weighted by atomic mass is 32.2. The standard InChI is InChI=1S/C13H16N4O3S/c1-9-12(8-15-17-9)21(19,20)16-7-10-3-5-11(6-4-10)13(18)14-2/h3-6,8,16H,7H2,1-2H3,(H,14,18)(H,15,17). The summed E-state index contributed by atoms with van der Waals surface area (Å²) in [5.41, 5.74) is 1.76. The molecule has 0 aliphatic rings. The van der Waals surface area contributed by atoms with Crippen molar-refractivity contribution in [3.63, 3.8) is 0 Å². The first-order chi connectivity index (χ1) is 9.94. The van der Waals surface area contributed by atoms with E-state index in [0.29, 0.717) is 11.3 Å². The monoisotopic (exact) mass is 308 g/mol. The maximum Gasteiger partial charge on any atom is 0.251 e. The maximum atomic E-state index is 12.1. The van der Waals surface area contributed by atoms with Gasteiger partial charge in [-0.3, -0.25) is 9.89 Å². The van der Waals surface area contributed by atoms with Crippen molar-refractivity contribution in [2.24, 2.45) is 0 Å². The SMILES string of the molecule is CNC(=O)c1ccc(CNS(=O)(=O)c2cn[nH]c2C)cc1. The minimum absolute atomic E-state index is 0.129. The van der Waals surface area contributed by atoms with Gasteiger partial charge in [-0.1, -0.05) is 12.1 Å². The molecular weight excluding hydrogens is 292 g/mol. The van der Waals surface area contributed by atoms with Gasteiger partial charge in [-0.25, -0.2) is 13.1 Å². The van der Waals surface area contributed by atoms with Gasteiger partial charge in [0.15, 0.2) is 0 Å². The second-order valence-electron chi connectivity index (χ2n) is 4.46. The molecule has 112 valence electrons. The Morgan fingerprint density at radius 2 is 1.95 bits per heavy atom. The Labute approximate surface area is 122 Å². The Balaban J connectivity index is 2.06. The van der Waals surface area contributed by atoms with Gasteiger partial charge in [0.05, 0.1) is 11.9 Å². The average molecular weight is 308 g/mol. The van der Waals surface area contributed by atoms with Crippen molar-refractivity contribution >= 4 is 15.9 Å². The van der Waals surface area contributed by atoms with Crippen LogP contribution in [0.25, 0.3) is 0 Å². The van der Waals surface area contributed by atoms with Crippen LogP contribution in [-0.4, -0.2) is 31.6 Å². The van der Waals surface area contributed by atoms with Crippen molar-refractivity contribution in [3.05, 3.63) is 47.3 Å². The van der Waals surface area contributed by atoms with Crippen LogP contribution >= 0.6 is 0 Å². The zero-order valence-electron chi connectivity index (χ0n) is 11.7. The van der Waals surface area contributed by atoms with Gasteiger partial charge >= 0.3 is 0 Å². The summed E-state index contributed by atoms with van der Waals surface area (Å²) in [6.07, 6.45) is 1.27. The molecule has 0 aliphatic carbocycles. The zero-order valence-corrected chi connectivity index (χ0v) is 12.5. The van der Waals surface area contributed by atoms with Crippen molar-refractivity contribution < 1.29 is 13.2 Å². The zero-order chi connectivity index (χ0) is 15.5. The lowest BCUT2D eigenvalue weighted by Crippen LogP contribution is -2.23. The van der Waals surface area contributed by atoms with E-state index in [0.717, 1.165) is 5.56 Å². The summed E-state index contributed by atoms with van der Waals surface area (Å²) >= 11 is 0. The topological polar surface area (TPSA) is 104 Å². The molecule has 21 heavy (non-hydrogen) atoms. The molecule has 2 rings (SSSR count). The van der Waals surface area contributed by atoms with Crippen LogP contribution in [-0.2, 0) is 16.6 Å².